The lowest BCUT2D eigenvalue weighted by molar-refractivity contribution is -0.141. The van der Waals surface area contributed by atoms with Crippen LogP contribution in [0.15, 0.2) is 78.9 Å². The molecule has 0 spiro atoms. The molecule has 172 valence electrons. The molecule has 3 aromatic carbocycles. The predicted molar refractivity (Wildman–Crippen MR) is 134 cm³/mol. The molecule has 4 nitrogen and oxygen atoms in total. The number of amides is 2. The first-order chi connectivity index (χ1) is 16.0. The fraction of sp³-hybridized carbons (Fsp3) is 0.286. The number of rotatable bonds is 10. The van der Waals surface area contributed by atoms with Crippen LogP contribution in [0.4, 0.5) is 0 Å². The molecular formula is C28H31ClN2O2. The number of nitrogens with zero attached hydrogens (tertiary/aromatic N) is 1. The van der Waals surface area contributed by atoms with Crippen molar-refractivity contribution in [2.24, 2.45) is 0 Å². The van der Waals surface area contributed by atoms with Crippen molar-refractivity contribution in [2.75, 3.05) is 6.54 Å². The van der Waals surface area contributed by atoms with Gasteiger partial charge < -0.3 is 10.2 Å². The average Bonchev–Trinajstić information content (AvgIpc) is 2.82. The Kier molecular flexibility index (Phi) is 9.08. The van der Waals surface area contributed by atoms with E-state index in [1.54, 1.807) is 4.90 Å². The molecule has 0 fully saturated rings. The van der Waals surface area contributed by atoms with Gasteiger partial charge >= 0.3 is 0 Å². The molecule has 33 heavy (non-hydrogen) atoms. The minimum Gasteiger partial charge on any atom is -0.355 e. The van der Waals surface area contributed by atoms with E-state index in [1.807, 2.05) is 68.4 Å². The van der Waals surface area contributed by atoms with Crippen LogP contribution in [0, 0.1) is 6.92 Å². The van der Waals surface area contributed by atoms with Gasteiger partial charge in [-0.2, -0.15) is 0 Å². The van der Waals surface area contributed by atoms with Crippen molar-refractivity contribution in [1.29, 1.82) is 0 Å². The first kappa shape index (κ1) is 24.5. The summed E-state index contributed by atoms with van der Waals surface area (Å²) in [5.74, 6) is -0.184. The van der Waals surface area contributed by atoms with Gasteiger partial charge in [0.25, 0.3) is 0 Å². The minimum absolute atomic E-state index is 0.0438. The molecule has 0 saturated carbocycles. The van der Waals surface area contributed by atoms with Gasteiger partial charge in [-0.3, -0.25) is 9.59 Å². The lowest BCUT2D eigenvalue weighted by Gasteiger charge is -2.31. The summed E-state index contributed by atoms with van der Waals surface area (Å²) in [6, 6.07) is 24.9. The van der Waals surface area contributed by atoms with E-state index in [4.69, 9.17) is 11.6 Å². The zero-order valence-corrected chi connectivity index (χ0v) is 20.0. The highest BCUT2D eigenvalue weighted by atomic mass is 35.5. The number of halogens is 1. The van der Waals surface area contributed by atoms with E-state index < -0.39 is 6.04 Å². The zero-order valence-electron chi connectivity index (χ0n) is 19.3. The second-order valence-electron chi connectivity index (χ2n) is 8.23. The molecule has 0 aliphatic heterocycles. The molecule has 0 radical (unpaired) electrons. The maximum atomic E-state index is 13.5. The Hall–Kier alpha value is -3.11. The molecule has 5 heteroatoms. The van der Waals surface area contributed by atoms with E-state index >= 15 is 0 Å². The number of nitrogens with one attached hydrogen (secondary N) is 1. The maximum Gasteiger partial charge on any atom is 0.243 e. The number of carbonyl (C=O) groups is 2. The Bertz CT molecular complexity index is 1030. The number of carbonyl (C=O) groups excluding carboxylic acids is 2. The molecule has 1 N–H and O–H groups in total. The number of aryl methyl sites for hydroxylation is 2. The topological polar surface area (TPSA) is 49.4 Å². The van der Waals surface area contributed by atoms with Crippen LogP contribution in [0.1, 0.15) is 35.6 Å². The highest BCUT2D eigenvalue weighted by Crippen LogP contribution is 2.18. The fourth-order valence-electron chi connectivity index (χ4n) is 3.78. The third-order valence-electron chi connectivity index (χ3n) is 5.64. The van der Waals surface area contributed by atoms with E-state index in [-0.39, 0.29) is 11.8 Å². The van der Waals surface area contributed by atoms with Crippen LogP contribution in [0.2, 0.25) is 5.02 Å². The molecule has 1 unspecified atom stereocenters. The van der Waals surface area contributed by atoms with Crippen LogP contribution in [0.25, 0.3) is 0 Å². The van der Waals surface area contributed by atoms with Gasteiger partial charge in [0.05, 0.1) is 0 Å². The third kappa shape index (κ3) is 7.47. The summed E-state index contributed by atoms with van der Waals surface area (Å²) < 4.78 is 0. The van der Waals surface area contributed by atoms with Crippen LogP contribution in [0.5, 0.6) is 0 Å². The molecule has 0 saturated heterocycles. The lowest BCUT2D eigenvalue weighted by Crippen LogP contribution is -2.50. The molecule has 0 aromatic heterocycles. The lowest BCUT2D eigenvalue weighted by atomic mass is 10.0. The van der Waals surface area contributed by atoms with E-state index in [9.17, 15) is 9.59 Å². The zero-order chi connectivity index (χ0) is 23.6. The van der Waals surface area contributed by atoms with Crippen molar-refractivity contribution in [1.82, 2.24) is 10.2 Å². The molecule has 0 heterocycles. The monoisotopic (exact) mass is 462 g/mol. The molecule has 1 atom stereocenters. The average molecular weight is 463 g/mol. The number of hydrogen-bond acceptors (Lipinski definition) is 2. The first-order valence-corrected chi connectivity index (χ1v) is 11.7. The van der Waals surface area contributed by atoms with Crippen LogP contribution in [-0.2, 0) is 29.0 Å². The quantitative estimate of drug-likeness (QED) is 0.441. The SMILES string of the molecule is CCNC(=O)C(Cc1ccccc1)N(Cc1ccc(Cl)cc1)C(=O)CCc1ccc(C)cc1. The predicted octanol–water partition coefficient (Wildman–Crippen LogP) is 5.36. The van der Waals surface area contributed by atoms with Crippen LogP contribution in [-0.4, -0.2) is 29.3 Å². The van der Waals surface area contributed by atoms with Crippen molar-refractivity contribution >= 4 is 23.4 Å². The number of benzene rings is 3. The maximum absolute atomic E-state index is 13.5. The first-order valence-electron chi connectivity index (χ1n) is 11.4. The number of hydrogen-bond donors (Lipinski definition) is 1. The largest absolute Gasteiger partial charge is 0.355 e. The summed E-state index contributed by atoms with van der Waals surface area (Å²) in [5.41, 5.74) is 4.25. The highest BCUT2D eigenvalue weighted by Gasteiger charge is 2.29. The van der Waals surface area contributed by atoms with Crippen molar-refractivity contribution in [2.45, 2.75) is 45.7 Å². The molecule has 3 aromatic rings. The van der Waals surface area contributed by atoms with E-state index in [2.05, 4.69) is 29.6 Å². The van der Waals surface area contributed by atoms with Gasteiger partial charge in [-0.1, -0.05) is 83.9 Å². The molecule has 3 rings (SSSR count). The summed E-state index contributed by atoms with van der Waals surface area (Å²) in [4.78, 5) is 28.4. The van der Waals surface area contributed by atoms with Crippen molar-refractivity contribution in [3.63, 3.8) is 0 Å². The Labute approximate surface area is 201 Å². The molecule has 0 bridgehead atoms. The van der Waals surface area contributed by atoms with Gasteiger partial charge in [0, 0.05) is 31.0 Å². The Morgan fingerprint density at radius 1 is 0.879 bits per heavy atom. The van der Waals surface area contributed by atoms with Gasteiger partial charge in [0.2, 0.25) is 11.8 Å². The Morgan fingerprint density at radius 3 is 2.15 bits per heavy atom. The second-order valence-corrected chi connectivity index (χ2v) is 8.67. The molecule has 2 amide bonds. The summed E-state index contributed by atoms with van der Waals surface area (Å²) in [7, 11) is 0. The number of likely N-dealkylation sites (N-methyl/N-ethyl adjacent to an activating group) is 1. The minimum atomic E-state index is -0.603. The second kappa shape index (κ2) is 12.2. The van der Waals surface area contributed by atoms with Gasteiger partial charge in [-0.15, -0.1) is 0 Å². The summed E-state index contributed by atoms with van der Waals surface area (Å²) >= 11 is 6.06. The smallest absolute Gasteiger partial charge is 0.243 e. The fourth-order valence-corrected chi connectivity index (χ4v) is 3.91. The molecular weight excluding hydrogens is 432 g/mol. The van der Waals surface area contributed by atoms with Crippen molar-refractivity contribution in [3.05, 3.63) is 106 Å². The van der Waals surface area contributed by atoms with Gasteiger partial charge in [-0.05, 0) is 49.1 Å². The highest BCUT2D eigenvalue weighted by molar-refractivity contribution is 6.30. The van der Waals surface area contributed by atoms with Gasteiger partial charge in [-0.25, -0.2) is 0 Å². The Morgan fingerprint density at radius 2 is 1.52 bits per heavy atom. The Balaban J connectivity index is 1.87. The van der Waals surface area contributed by atoms with Crippen LogP contribution < -0.4 is 5.32 Å². The van der Waals surface area contributed by atoms with Crippen LogP contribution >= 0.6 is 11.6 Å². The van der Waals surface area contributed by atoms with Crippen molar-refractivity contribution in [3.8, 4) is 0 Å². The van der Waals surface area contributed by atoms with Gasteiger partial charge in [0.1, 0.15) is 6.04 Å². The third-order valence-corrected chi connectivity index (χ3v) is 5.89. The summed E-state index contributed by atoms with van der Waals surface area (Å²) in [6.45, 7) is 4.79. The van der Waals surface area contributed by atoms with Gasteiger partial charge in [0.15, 0.2) is 0 Å². The van der Waals surface area contributed by atoms with E-state index in [0.29, 0.717) is 37.4 Å². The standard InChI is InChI=1S/C28H31ClN2O2/c1-3-30-28(33)26(19-23-7-5-4-6-8-23)31(20-24-13-16-25(29)17-14-24)27(32)18-15-22-11-9-21(2)10-12-22/h4-14,16-17,26H,3,15,18-20H2,1-2H3,(H,30,33). The van der Waals surface area contributed by atoms with Crippen LogP contribution in [0.3, 0.4) is 0 Å². The molecule has 0 aliphatic carbocycles. The van der Waals surface area contributed by atoms with E-state index in [0.717, 1.165) is 16.7 Å². The summed E-state index contributed by atoms with van der Waals surface area (Å²) in [6.07, 6.45) is 1.42. The normalized spacial score (nSPS) is 11.6. The van der Waals surface area contributed by atoms with E-state index in [1.165, 1.54) is 5.56 Å². The molecule has 0 aliphatic rings. The van der Waals surface area contributed by atoms with Crippen molar-refractivity contribution < 1.29 is 9.59 Å². The summed E-state index contributed by atoms with van der Waals surface area (Å²) in [5, 5.41) is 3.56.